The summed E-state index contributed by atoms with van der Waals surface area (Å²) in [4.78, 5) is 43.8. The number of unbranched alkanes of at least 4 members (excludes halogenated alkanes) is 3. The first-order valence-electron chi connectivity index (χ1n) is 10.8. The molecular formula is C23H28N4O4S. The lowest BCUT2D eigenvalue weighted by Crippen LogP contribution is -2.12. The first kappa shape index (κ1) is 23.6. The number of nitrogens with one attached hydrogen (secondary N) is 2. The number of rotatable bonds is 12. The number of aromatic nitrogens is 2. The second-order valence-electron chi connectivity index (χ2n) is 7.66. The summed E-state index contributed by atoms with van der Waals surface area (Å²) in [5.41, 5.74) is 7.75. The molecule has 0 radical (unpaired) electrons. The number of nitrogens with zero attached hydrogens (tertiary/aromatic N) is 1. The Bertz CT molecular complexity index is 1120. The summed E-state index contributed by atoms with van der Waals surface area (Å²) in [6.07, 6.45) is 5.68. The standard InChI is InChI=1S/C23H28N4O4S/c1-2-3-4-5-8-19(28)18-13-32-23(26-18)27-21(29)14-9-10-17-16(12-14)15(7-6-11-24)20(25-17)22(30)31/h9-10,12-13,25H,2-8,11,24H2,1H3,(H,30,31)(H,26,27,29). The van der Waals surface area contributed by atoms with Crippen molar-refractivity contribution in [1.82, 2.24) is 9.97 Å². The smallest absolute Gasteiger partial charge is 0.352 e. The third kappa shape index (κ3) is 5.60. The number of ketones is 1. The minimum absolute atomic E-state index is 0.0164. The fourth-order valence-electron chi connectivity index (χ4n) is 3.58. The minimum Gasteiger partial charge on any atom is -0.477 e. The maximum Gasteiger partial charge on any atom is 0.352 e. The molecule has 8 nitrogen and oxygen atoms in total. The van der Waals surface area contributed by atoms with E-state index in [0.29, 0.717) is 58.7 Å². The molecule has 0 bridgehead atoms. The zero-order valence-corrected chi connectivity index (χ0v) is 18.9. The van der Waals surface area contributed by atoms with Crippen molar-refractivity contribution < 1.29 is 19.5 Å². The molecule has 5 N–H and O–H groups in total. The predicted molar refractivity (Wildman–Crippen MR) is 126 cm³/mol. The van der Waals surface area contributed by atoms with Crippen LogP contribution in [0.25, 0.3) is 10.9 Å². The molecule has 0 fully saturated rings. The van der Waals surface area contributed by atoms with E-state index in [1.165, 1.54) is 11.3 Å². The number of fused-ring (bicyclic) bond motifs is 1. The van der Waals surface area contributed by atoms with E-state index in [-0.39, 0.29) is 17.4 Å². The molecule has 32 heavy (non-hydrogen) atoms. The van der Waals surface area contributed by atoms with Crippen LogP contribution in [0.4, 0.5) is 5.13 Å². The molecule has 3 aromatic rings. The number of carboxylic acid groups (broad SMARTS) is 1. The van der Waals surface area contributed by atoms with E-state index >= 15 is 0 Å². The van der Waals surface area contributed by atoms with Crippen LogP contribution in [-0.4, -0.2) is 39.3 Å². The number of amides is 1. The minimum atomic E-state index is -1.05. The molecule has 0 unspecified atom stereocenters. The third-order valence-electron chi connectivity index (χ3n) is 5.28. The third-order valence-corrected chi connectivity index (χ3v) is 6.04. The summed E-state index contributed by atoms with van der Waals surface area (Å²) in [5, 5.41) is 14.9. The number of H-pyrrole nitrogens is 1. The van der Waals surface area contributed by atoms with Crippen LogP contribution in [0.2, 0.25) is 0 Å². The molecule has 0 aliphatic carbocycles. The molecule has 0 saturated heterocycles. The molecule has 170 valence electrons. The number of aryl methyl sites for hydroxylation is 1. The summed E-state index contributed by atoms with van der Waals surface area (Å²) in [7, 11) is 0. The Labute approximate surface area is 190 Å². The average molecular weight is 457 g/mol. The monoisotopic (exact) mass is 456 g/mol. The highest BCUT2D eigenvalue weighted by molar-refractivity contribution is 7.14. The van der Waals surface area contributed by atoms with Crippen molar-refractivity contribution in [3.8, 4) is 0 Å². The van der Waals surface area contributed by atoms with Gasteiger partial charge in [0.1, 0.15) is 11.4 Å². The van der Waals surface area contributed by atoms with Gasteiger partial charge in [-0.15, -0.1) is 11.3 Å². The van der Waals surface area contributed by atoms with E-state index in [4.69, 9.17) is 5.73 Å². The van der Waals surface area contributed by atoms with Crippen LogP contribution in [0.15, 0.2) is 23.6 Å². The second-order valence-corrected chi connectivity index (χ2v) is 8.52. The summed E-state index contributed by atoms with van der Waals surface area (Å²) in [5.74, 6) is -1.43. The Morgan fingerprint density at radius 3 is 2.72 bits per heavy atom. The molecule has 0 atom stereocenters. The van der Waals surface area contributed by atoms with E-state index < -0.39 is 5.97 Å². The Morgan fingerprint density at radius 2 is 2.00 bits per heavy atom. The van der Waals surface area contributed by atoms with E-state index in [0.717, 1.165) is 25.7 Å². The SMILES string of the molecule is CCCCCCC(=O)c1csc(NC(=O)c2ccc3[nH]c(C(=O)O)c(CCCN)c3c2)n1. The van der Waals surface area contributed by atoms with Gasteiger partial charge in [-0.3, -0.25) is 14.9 Å². The number of Topliss-reactive ketones (excluding diaryl/α,β-unsaturated/α-hetero) is 1. The van der Waals surface area contributed by atoms with Gasteiger partial charge in [0.25, 0.3) is 5.91 Å². The number of anilines is 1. The van der Waals surface area contributed by atoms with Gasteiger partial charge in [0.05, 0.1) is 0 Å². The normalized spacial score (nSPS) is 11.1. The van der Waals surface area contributed by atoms with Crippen molar-refractivity contribution in [2.45, 2.75) is 51.9 Å². The number of thiazole rings is 1. The molecule has 1 amide bonds. The Kier molecular flexibility index (Phi) is 8.13. The highest BCUT2D eigenvalue weighted by atomic mass is 32.1. The first-order chi connectivity index (χ1) is 15.4. The summed E-state index contributed by atoms with van der Waals surface area (Å²) < 4.78 is 0. The Hall–Kier alpha value is -3.04. The van der Waals surface area contributed by atoms with Crippen LogP contribution in [0.5, 0.6) is 0 Å². The molecule has 9 heteroatoms. The molecule has 0 spiro atoms. The fraction of sp³-hybridized carbons (Fsp3) is 0.391. The lowest BCUT2D eigenvalue weighted by atomic mass is 10.0. The molecule has 1 aromatic carbocycles. The zero-order valence-electron chi connectivity index (χ0n) is 18.1. The van der Waals surface area contributed by atoms with E-state index in [1.807, 2.05) is 0 Å². The van der Waals surface area contributed by atoms with Crippen LogP contribution in [0, 0.1) is 0 Å². The molecule has 0 aliphatic rings. The molecule has 0 saturated carbocycles. The van der Waals surface area contributed by atoms with E-state index in [2.05, 4.69) is 22.2 Å². The average Bonchev–Trinajstić information content (AvgIpc) is 3.39. The van der Waals surface area contributed by atoms with Gasteiger partial charge < -0.3 is 15.8 Å². The van der Waals surface area contributed by atoms with Crippen LogP contribution in [0.3, 0.4) is 0 Å². The first-order valence-corrected chi connectivity index (χ1v) is 11.7. The highest BCUT2D eigenvalue weighted by Crippen LogP contribution is 2.26. The predicted octanol–water partition coefficient (Wildman–Crippen LogP) is 4.62. The van der Waals surface area contributed by atoms with E-state index in [1.54, 1.807) is 23.6 Å². The van der Waals surface area contributed by atoms with Crippen molar-refractivity contribution in [3.63, 3.8) is 0 Å². The van der Waals surface area contributed by atoms with Crippen molar-refractivity contribution in [2.24, 2.45) is 5.73 Å². The van der Waals surface area contributed by atoms with Crippen LogP contribution in [-0.2, 0) is 6.42 Å². The van der Waals surface area contributed by atoms with Gasteiger partial charge in [-0.25, -0.2) is 9.78 Å². The maximum absolute atomic E-state index is 12.8. The lowest BCUT2D eigenvalue weighted by Gasteiger charge is -2.04. The van der Waals surface area contributed by atoms with Gasteiger partial charge in [0, 0.05) is 28.3 Å². The fourth-order valence-corrected chi connectivity index (χ4v) is 4.29. The number of carbonyl (C=O) groups is 3. The number of hydrogen-bond donors (Lipinski definition) is 4. The molecule has 3 rings (SSSR count). The van der Waals surface area contributed by atoms with Gasteiger partial charge in [0.2, 0.25) is 0 Å². The number of benzene rings is 1. The van der Waals surface area contributed by atoms with Crippen LogP contribution >= 0.6 is 11.3 Å². The highest BCUT2D eigenvalue weighted by Gasteiger charge is 2.19. The summed E-state index contributed by atoms with van der Waals surface area (Å²) >= 11 is 1.21. The van der Waals surface area contributed by atoms with Gasteiger partial charge in [-0.1, -0.05) is 26.2 Å². The van der Waals surface area contributed by atoms with Crippen molar-refractivity contribution >= 4 is 45.0 Å². The summed E-state index contributed by atoms with van der Waals surface area (Å²) in [6, 6.07) is 4.99. The van der Waals surface area contributed by atoms with Gasteiger partial charge in [-0.2, -0.15) is 0 Å². The maximum atomic E-state index is 12.8. The quantitative estimate of drug-likeness (QED) is 0.232. The number of carbonyl (C=O) groups excluding carboxylic acids is 2. The Morgan fingerprint density at radius 1 is 1.19 bits per heavy atom. The topological polar surface area (TPSA) is 138 Å². The molecule has 0 aliphatic heterocycles. The number of carboxylic acids is 1. The Balaban J connectivity index is 1.74. The largest absolute Gasteiger partial charge is 0.477 e. The van der Waals surface area contributed by atoms with Crippen LogP contribution in [0.1, 0.15) is 82.3 Å². The number of aromatic carboxylic acids is 1. The number of nitrogens with two attached hydrogens (primary N) is 1. The summed E-state index contributed by atoms with van der Waals surface area (Å²) in [6.45, 7) is 2.56. The van der Waals surface area contributed by atoms with Crippen molar-refractivity contribution in [1.29, 1.82) is 0 Å². The second kappa shape index (κ2) is 11.0. The number of hydrogen-bond acceptors (Lipinski definition) is 6. The van der Waals surface area contributed by atoms with Crippen molar-refractivity contribution in [2.75, 3.05) is 11.9 Å². The van der Waals surface area contributed by atoms with Gasteiger partial charge in [-0.05, 0) is 49.6 Å². The van der Waals surface area contributed by atoms with E-state index in [9.17, 15) is 19.5 Å². The molecular weight excluding hydrogens is 428 g/mol. The molecule has 2 heterocycles. The van der Waals surface area contributed by atoms with Crippen molar-refractivity contribution in [3.05, 3.63) is 46.1 Å². The zero-order chi connectivity index (χ0) is 23.1. The van der Waals surface area contributed by atoms with Gasteiger partial charge >= 0.3 is 5.97 Å². The lowest BCUT2D eigenvalue weighted by molar-refractivity contribution is 0.0689. The molecule has 2 aromatic heterocycles. The van der Waals surface area contributed by atoms with Gasteiger partial charge in [0.15, 0.2) is 10.9 Å². The number of aromatic amines is 1. The van der Waals surface area contributed by atoms with Crippen LogP contribution < -0.4 is 11.1 Å².